The van der Waals surface area contributed by atoms with Crippen LogP contribution in [0.25, 0.3) is 10.9 Å². The van der Waals surface area contributed by atoms with E-state index in [1.807, 2.05) is 13.0 Å². The van der Waals surface area contributed by atoms with Gasteiger partial charge in [-0.1, -0.05) is 18.2 Å². The van der Waals surface area contributed by atoms with Crippen molar-refractivity contribution in [3.63, 3.8) is 0 Å². The molecule has 2 N–H and O–H groups in total. The van der Waals surface area contributed by atoms with Crippen molar-refractivity contribution in [2.24, 2.45) is 5.73 Å². The van der Waals surface area contributed by atoms with E-state index in [4.69, 9.17) is 5.73 Å². The van der Waals surface area contributed by atoms with E-state index in [0.29, 0.717) is 12.6 Å². The van der Waals surface area contributed by atoms with E-state index >= 15 is 0 Å². The topological polar surface area (TPSA) is 42.1 Å². The largest absolute Gasteiger partial charge is 0.371 e. The molecule has 0 aliphatic carbocycles. The van der Waals surface area contributed by atoms with Crippen molar-refractivity contribution < 1.29 is 0 Å². The molecule has 0 saturated heterocycles. The number of rotatable bonds is 4. The summed E-state index contributed by atoms with van der Waals surface area (Å²) in [5.41, 5.74) is 8.99. The van der Waals surface area contributed by atoms with Gasteiger partial charge in [-0.25, -0.2) is 0 Å². The van der Waals surface area contributed by atoms with Gasteiger partial charge < -0.3 is 10.6 Å². The van der Waals surface area contributed by atoms with Crippen LogP contribution in [-0.4, -0.2) is 24.6 Å². The summed E-state index contributed by atoms with van der Waals surface area (Å²) in [5.74, 6) is 0. The molecule has 0 fully saturated rings. The monoisotopic (exact) mass is 243 g/mol. The molecule has 3 nitrogen and oxygen atoms in total. The molecule has 96 valence electrons. The molecule has 1 heterocycles. The van der Waals surface area contributed by atoms with E-state index in [2.05, 4.69) is 48.1 Å². The van der Waals surface area contributed by atoms with Gasteiger partial charge in [0.15, 0.2) is 0 Å². The number of nitrogens with zero attached hydrogens (tertiary/aromatic N) is 2. The third kappa shape index (κ3) is 2.46. The molecule has 1 aromatic carbocycles. The minimum absolute atomic E-state index is 0.431. The van der Waals surface area contributed by atoms with Crippen LogP contribution in [0.2, 0.25) is 0 Å². The SMILES string of the molecule is Cc1cc(N(C)C(C)CCN)c2ccccc2n1. The molecule has 2 rings (SSSR count). The van der Waals surface area contributed by atoms with Crippen molar-refractivity contribution in [3.05, 3.63) is 36.0 Å². The fourth-order valence-corrected chi connectivity index (χ4v) is 2.25. The number of aromatic nitrogens is 1. The van der Waals surface area contributed by atoms with Gasteiger partial charge in [0.05, 0.1) is 5.52 Å². The third-order valence-corrected chi connectivity index (χ3v) is 3.45. The number of pyridine rings is 1. The number of aryl methyl sites for hydroxylation is 1. The van der Waals surface area contributed by atoms with Crippen molar-refractivity contribution in [2.45, 2.75) is 26.3 Å². The van der Waals surface area contributed by atoms with E-state index in [1.165, 1.54) is 11.1 Å². The van der Waals surface area contributed by atoms with Gasteiger partial charge in [-0.05, 0) is 38.9 Å². The predicted octanol–water partition coefficient (Wildman–Crippen LogP) is 2.72. The molecular weight excluding hydrogens is 222 g/mol. The summed E-state index contributed by atoms with van der Waals surface area (Å²) in [6.45, 7) is 4.96. The van der Waals surface area contributed by atoms with Crippen molar-refractivity contribution in [1.82, 2.24) is 4.98 Å². The molecular formula is C15H21N3. The van der Waals surface area contributed by atoms with Crippen LogP contribution in [0.3, 0.4) is 0 Å². The van der Waals surface area contributed by atoms with E-state index < -0.39 is 0 Å². The maximum Gasteiger partial charge on any atom is 0.0726 e. The van der Waals surface area contributed by atoms with Gasteiger partial charge in [0.25, 0.3) is 0 Å². The van der Waals surface area contributed by atoms with Gasteiger partial charge in [-0.3, -0.25) is 4.98 Å². The summed E-state index contributed by atoms with van der Waals surface area (Å²) >= 11 is 0. The Morgan fingerprint density at radius 2 is 2.06 bits per heavy atom. The smallest absolute Gasteiger partial charge is 0.0726 e. The first-order valence-corrected chi connectivity index (χ1v) is 6.42. The predicted molar refractivity (Wildman–Crippen MR) is 78.0 cm³/mol. The van der Waals surface area contributed by atoms with Crippen LogP contribution in [0.1, 0.15) is 19.0 Å². The number of fused-ring (bicyclic) bond motifs is 1. The summed E-state index contributed by atoms with van der Waals surface area (Å²) in [7, 11) is 2.13. The molecule has 0 aliphatic rings. The highest BCUT2D eigenvalue weighted by atomic mass is 15.1. The Balaban J connectivity index is 2.49. The van der Waals surface area contributed by atoms with Gasteiger partial charge in [-0.2, -0.15) is 0 Å². The Kier molecular flexibility index (Phi) is 3.82. The fourth-order valence-electron chi connectivity index (χ4n) is 2.25. The quantitative estimate of drug-likeness (QED) is 0.897. The van der Waals surface area contributed by atoms with Crippen molar-refractivity contribution in [3.8, 4) is 0 Å². The van der Waals surface area contributed by atoms with Crippen molar-refractivity contribution in [1.29, 1.82) is 0 Å². The van der Waals surface area contributed by atoms with Crippen molar-refractivity contribution >= 4 is 16.6 Å². The van der Waals surface area contributed by atoms with Gasteiger partial charge in [0, 0.05) is 29.9 Å². The molecule has 1 aromatic heterocycles. The van der Waals surface area contributed by atoms with E-state index in [9.17, 15) is 0 Å². The molecule has 1 unspecified atom stereocenters. The second-order valence-corrected chi connectivity index (χ2v) is 4.84. The molecule has 0 bridgehead atoms. The van der Waals surface area contributed by atoms with E-state index in [0.717, 1.165) is 17.6 Å². The molecule has 18 heavy (non-hydrogen) atoms. The zero-order chi connectivity index (χ0) is 13.1. The summed E-state index contributed by atoms with van der Waals surface area (Å²) in [6.07, 6.45) is 0.992. The van der Waals surface area contributed by atoms with Crippen LogP contribution < -0.4 is 10.6 Å². The van der Waals surface area contributed by atoms with Crippen LogP contribution in [0.4, 0.5) is 5.69 Å². The number of anilines is 1. The Morgan fingerprint density at radius 3 is 2.78 bits per heavy atom. The molecule has 0 spiro atoms. The van der Waals surface area contributed by atoms with Gasteiger partial charge >= 0.3 is 0 Å². The Hall–Kier alpha value is -1.61. The molecule has 0 aliphatic heterocycles. The van der Waals surface area contributed by atoms with Gasteiger partial charge in [-0.15, -0.1) is 0 Å². The second kappa shape index (κ2) is 5.36. The Morgan fingerprint density at radius 1 is 1.33 bits per heavy atom. The zero-order valence-electron chi connectivity index (χ0n) is 11.4. The lowest BCUT2D eigenvalue weighted by atomic mass is 10.1. The molecule has 0 radical (unpaired) electrons. The number of benzene rings is 1. The lowest BCUT2D eigenvalue weighted by Gasteiger charge is -2.28. The van der Waals surface area contributed by atoms with Crippen molar-refractivity contribution in [2.75, 3.05) is 18.5 Å². The normalized spacial score (nSPS) is 12.7. The maximum atomic E-state index is 5.65. The molecule has 3 heteroatoms. The highest BCUT2D eigenvalue weighted by molar-refractivity contribution is 5.91. The number of para-hydroxylation sites is 1. The van der Waals surface area contributed by atoms with Crippen LogP contribution >= 0.6 is 0 Å². The standard InChI is InChI=1S/C15H21N3/c1-11-10-15(18(3)12(2)8-9-16)13-6-4-5-7-14(13)17-11/h4-7,10,12H,8-9,16H2,1-3H3. The molecule has 1 atom stereocenters. The Labute approximate surface area is 109 Å². The fraction of sp³-hybridized carbons (Fsp3) is 0.400. The maximum absolute atomic E-state index is 5.65. The molecule has 2 aromatic rings. The summed E-state index contributed by atoms with van der Waals surface area (Å²) in [4.78, 5) is 6.87. The highest BCUT2D eigenvalue weighted by Crippen LogP contribution is 2.27. The second-order valence-electron chi connectivity index (χ2n) is 4.84. The van der Waals surface area contributed by atoms with E-state index in [-0.39, 0.29) is 0 Å². The summed E-state index contributed by atoms with van der Waals surface area (Å²) in [6, 6.07) is 10.9. The number of hydrogen-bond donors (Lipinski definition) is 1. The zero-order valence-corrected chi connectivity index (χ0v) is 11.4. The average Bonchev–Trinajstić information content (AvgIpc) is 2.37. The van der Waals surface area contributed by atoms with Gasteiger partial charge in [0.1, 0.15) is 0 Å². The molecule has 0 amide bonds. The average molecular weight is 243 g/mol. The first kappa shape index (κ1) is 12.8. The minimum atomic E-state index is 0.431. The van der Waals surface area contributed by atoms with Crippen LogP contribution in [0.5, 0.6) is 0 Å². The lowest BCUT2D eigenvalue weighted by Crippen LogP contribution is -2.31. The van der Waals surface area contributed by atoms with Crippen LogP contribution in [-0.2, 0) is 0 Å². The minimum Gasteiger partial charge on any atom is -0.371 e. The lowest BCUT2D eigenvalue weighted by molar-refractivity contribution is 0.636. The summed E-state index contributed by atoms with van der Waals surface area (Å²) in [5, 5.41) is 1.20. The van der Waals surface area contributed by atoms with Crippen LogP contribution in [0.15, 0.2) is 30.3 Å². The first-order valence-electron chi connectivity index (χ1n) is 6.42. The third-order valence-electron chi connectivity index (χ3n) is 3.45. The first-order chi connectivity index (χ1) is 8.63. The Bertz CT molecular complexity index is 536. The van der Waals surface area contributed by atoms with E-state index in [1.54, 1.807) is 0 Å². The van der Waals surface area contributed by atoms with Crippen LogP contribution in [0, 0.1) is 6.92 Å². The summed E-state index contributed by atoms with van der Waals surface area (Å²) < 4.78 is 0. The van der Waals surface area contributed by atoms with Gasteiger partial charge in [0.2, 0.25) is 0 Å². The number of nitrogens with two attached hydrogens (primary N) is 1. The molecule has 0 saturated carbocycles. The highest BCUT2D eigenvalue weighted by Gasteiger charge is 2.13. The number of hydrogen-bond acceptors (Lipinski definition) is 3.